The van der Waals surface area contributed by atoms with Gasteiger partial charge in [0.15, 0.2) is 0 Å². The summed E-state index contributed by atoms with van der Waals surface area (Å²) in [4.78, 5) is 11.9. The fraction of sp³-hybridized carbons (Fsp3) is 0.472. The molecule has 0 saturated carbocycles. The molecule has 0 spiro atoms. The molecule has 0 atom stereocenters. The Morgan fingerprint density at radius 2 is 1.53 bits per heavy atom. The van der Waals surface area contributed by atoms with Crippen LogP contribution in [0.25, 0.3) is 0 Å². The van der Waals surface area contributed by atoms with Crippen LogP contribution in [0.15, 0.2) is 107 Å². The van der Waals surface area contributed by atoms with Gasteiger partial charge in [-0.25, -0.2) is 0 Å². The second-order valence-corrected chi connectivity index (χ2v) is 10.7. The molecule has 208 valence electrons. The molecule has 0 N–H and O–H groups in total. The second-order valence-electron chi connectivity index (χ2n) is 10.7. The van der Waals surface area contributed by atoms with Crippen molar-refractivity contribution in [3.8, 4) is 0 Å². The summed E-state index contributed by atoms with van der Waals surface area (Å²) in [7, 11) is 0. The molecular formula is C36H52O2. The molecule has 0 aromatic rings. The van der Waals surface area contributed by atoms with E-state index in [1.54, 1.807) is 0 Å². The lowest BCUT2D eigenvalue weighted by molar-refractivity contribution is -0.142. The van der Waals surface area contributed by atoms with Crippen molar-refractivity contribution >= 4 is 5.97 Å². The number of esters is 1. The van der Waals surface area contributed by atoms with Crippen LogP contribution in [-0.4, -0.2) is 12.6 Å². The molecule has 0 bridgehead atoms. The summed E-state index contributed by atoms with van der Waals surface area (Å²) in [5.41, 5.74) is 5.57. The highest BCUT2D eigenvalue weighted by Crippen LogP contribution is 2.40. The minimum Gasteiger partial charge on any atom is -0.461 e. The first-order valence-corrected chi connectivity index (χ1v) is 14.4. The van der Waals surface area contributed by atoms with Crippen LogP contribution in [0.4, 0.5) is 0 Å². The van der Waals surface area contributed by atoms with Gasteiger partial charge >= 0.3 is 5.97 Å². The third-order valence-corrected chi connectivity index (χ3v) is 6.66. The fourth-order valence-corrected chi connectivity index (χ4v) is 4.34. The van der Waals surface area contributed by atoms with Gasteiger partial charge < -0.3 is 4.74 Å². The SMILES string of the molecule is CC/C=C\C/C=C\C/C=C\C/C=C\CCC(=O)OC/C=C(C)/C=C/C=C(C)/C=C/C1=C(C)CCCC1(C)C. The molecule has 38 heavy (non-hydrogen) atoms. The lowest BCUT2D eigenvalue weighted by Gasteiger charge is -2.32. The minimum atomic E-state index is -0.156. The van der Waals surface area contributed by atoms with Gasteiger partial charge in [0.25, 0.3) is 0 Å². The lowest BCUT2D eigenvalue weighted by atomic mass is 9.72. The predicted molar refractivity (Wildman–Crippen MR) is 167 cm³/mol. The Hall–Kier alpha value is -2.87. The average Bonchev–Trinajstić information content (AvgIpc) is 2.86. The van der Waals surface area contributed by atoms with Gasteiger partial charge in [-0.15, -0.1) is 0 Å². The fourth-order valence-electron chi connectivity index (χ4n) is 4.34. The molecule has 2 heteroatoms. The summed E-state index contributed by atoms with van der Waals surface area (Å²) < 4.78 is 5.34. The monoisotopic (exact) mass is 516 g/mol. The van der Waals surface area contributed by atoms with E-state index in [-0.39, 0.29) is 11.4 Å². The molecule has 0 saturated heterocycles. The van der Waals surface area contributed by atoms with Crippen LogP contribution < -0.4 is 0 Å². The summed E-state index contributed by atoms with van der Waals surface area (Å²) in [6, 6.07) is 0. The minimum absolute atomic E-state index is 0.156. The van der Waals surface area contributed by atoms with Crippen molar-refractivity contribution < 1.29 is 9.53 Å². The van der Waals surface area contributed by atoms with E-state index in [1.165, 1.54) is 36.0 Å². The Morgan fingerprint density at radius 3 is 2.16 bits per heavy atom. The number of ether oxygens (including phenoxy) is 1. The Bertz CT molecular complexity index is 971. The number of hydrogen-bond donors (Lipinski definition) is 0. The summed E-state index contributed by atoms with van der Waals surface area (Å²) in [5, 5.41) is 0. The van der Waals surface area contributed by atoms with Crippen LogP contribution in [0.2, 0.25) is 0 Å². The summed E-state index contributed by atoms with van der Waals surface area (Å²) in [6.45, 7) is 13.6. The lowest BCUT2D eigenvalue weighted by Crippen LogP contribution is -2.19. The van der Waals surface area contributed by atoms with E-state index in [0.717, 1.165) is 31.3 Å². The van der Waals surface area contributed by atoms with Crippen molar-refractivity contribution in [2.45, 2.75) is 99.3 Å². The summed E-state index contributed by atoms with van der Waals surface area (Å²) >= 11 is 0. The van der Waals surface area contributed by atoms with Crippen molar-refractivity contribution in [1.29, 1.82) is 0 Å². The number of carbonyl (C=O) groups is 1. The smallest absolute Gasteiger partial charge is 0.306 e. The van der Waals surface area contributed by atoms with Gasteiger partial charge in [0.05, 0.1) is 0 Å². The standard InChI is InChI=1S/C36H52O2/c1-7-8-9-10-11-12-13-14-15-16-17-18-19-25-35(37)38-30-28-32(3)23-20-22-31(2)26-27-34-33(4)24-21-29-36(34,5)6/h8-9,11-12,14-15,17-18,20,22-23,26-28H,7,10,13,16,19,21,24-25,29-30H2,1-6H3/b9-8-,12-11-,15-14-,18-17-,23-20+,27-26+,31-22+,32-28+. The van der Waals surface area contributed by atoms with Crippen molar-refractivity contribution in [2.75, 3.05) is 6.61 Å². The molecule has 0 aromatic carbocycles. The molecule has 0 fully saturated rings. The van der Waals surface area contributed by atoms with Crippen molar-refractivity contribution in [3.05, 3.63) is 107 Å². The Morgan fingerprint density at radius 1 is 0.895 bits per heavy atom. The van der Waals surface area contributed by atoms with E-state index in [1.807, 2.05) is 13.0 Å². The third-order valence-electron chi connectivity index (χ3n) is 6.66. The quantitative estimate of drug-likeness (QED) is 0.116. The highest BCUT2D eigenvalue weighted by Gasteiger charge is 2.26. The van der Waals surface area contributed by atoms with Crippen molar-refractivity contribution in [1.82, 2.24) is 0 Å². The van der Waals surface area contributed by atoms with Gasteiger partial charge in [0.1, 0.15) is 6.61 Å². The maximum Gasteiger partial charge on any atom is 0.306 e. The van der Waals surface area contributed by atoms with E-state index >= 15 is 0 Å². The van der Waals surface area contributed by atoms with Crippen LogP contribution >= 0.6 is 0 Å². The average molecular weight is 517 g/mol. The van der Waals surface area contributed by atoms with Gasteiger partial charge in [0.2, 0.25) is 0 Å². The van der Waals surface area contributed by atoms with Crippen LogP contribution in [0, 0.1) is 5.41 Å². The van der Waals surface area contributed by atoms with Gasteiger partial charge in [-0.05, 0) is 89.2 Å². The van der Waals surface area contributed by atoms with Crippen molar-refractivity contribution in [3.63, 3.8) is 0 Å². The van der Waals surface area contributed by atoms with Crippen LogP contribution in [0.1, 0.15) is 99.3 Å². The molecule has 1 rings (SSSR count). The molecule has 0 heterocycles. The molecule has 2 nitrogen and oxygen atoms in total. The van der Waals surface area contributed by atoms with Gasteiger partial charge in [-0.2, -0.15) is 0 Å². The topological polar surface area (TPSA) is 26.3 Å². The second kappa shape index (κ2) is 20.1. The Kier molecular flexibility index (Phi) is 17.6. The zero-order valence-corrected chi connectivity index (χ0v) is 25.0. The first-order valence-electron chi connectivity index (χ1n) is 14.4. The number of rotatable bonds is 16. The van der Waals surface area contributed by atoms with Crippen molar-refractivity contribution in [2.24, 2.45) is 5.41 Å². The van der Waals surface area contributed by atoms with Crippen LogP contribution in [-0.2, 0) is 9.53 Å². The number of allylic oxidation sites excluding steroid dienone is 17. The number of hydrogen-bond acceptors (Lipinski definition) is 2. The number of carbonyl (C=O) groups excluding carboxylic acids is 1. The van der Waals surface area contributed by atoms with Crippen LogP contribution in [0.3, 0.4) is 0 Å². The molecule has 0 aromatic heterocycles. The molecule has 1 aliphatic rings. The maximum atomic E-state index is 11.9. The van der Waals surface area contributed by atoms with E-state index in [4.69, 9.17) is 4.74 Å². The zero-order valence-electron chi connectivity index (χ0n) is 25.0. The zero-order chi connectivity index (χ0) is 28.1. The summed E-state index contributed by atoms with van der Waals surface area (Å²) in [5.74, 6) is -0.156. The van der Waals surface area contributed by atoms with Gasteiger partial charge in [-0.1, -0.05) is 116 Å². The Balaban J connectivity index is 2.26. The third kappa shape index (κ3) is 16.1. The highest BCUT2D eigenvalue weighted by atomic mass is 16.5. The van der Waals surface area contributed by atoms with E-state index < -0.39 is 0 Å². The summed E-state index contributed by atoms with van der Waals surface area (Å²) in [6.07, 6.45) is 38.8. The first kappa shape index (κ1) is 33.2. The molecule has 0 aliphatic heterocycles. The van der Waals surface area contributed by atoms with E-state index in [0.29, 0.717) is 19.4 Å². The van der Waals surface area contributed by atoms with Gasteiger partial charge in [0, 0.05) is 6.42 Å². The van der Waals surface area contributed by atoms with Crippen LogP contribution in [0.5, 0.6) is 0 Å². The van der Waals surface area contributed by atoms with Gasteiger partial charge in [-0.3, -0.25) is 4.79 Å². The predicted octanol–water partition coefficient (Wildman–Crippen LogP) is 10.6. The molecule has 0 unspecified atom stereocenters. The normalized spacial score (nSPS) is 17.5. The molecule has 1 aliphatic carbocycles. The van der Waals surface area contributed by atoms with E-state index in [9.17, 15) is 4.79 Å². The van der Waals surface area contributed by atoms with E-state index in [2.05, 4.69) is 114 Å². The molecular weight excluding hydrogens is 464 g/mol. The highest BCUT2D eigenvalue weighted by molar-refractivity contribution is 5.69. The first-order chi connectivity index (χ1) is 18.3. The Labute approximate surface area is 234 Å². The molecule has 0 radical (unpaired) electrons. The largest absolute Gasteiger partial charge is 0.461 e. The maximum absolute atomic E-state index is 11.9. The molecule has 0 amide bonds.